The van der Waals surface area contributed by atoms with Gasteiger partial charge in [0.05, 0.1) is 5.57 Å². The number of carbonyl (C=O) groups is 2. The van der Waals surface area contributed by atoms with E-state index in [0.717, 1.165) is 47.8 Å². The van der Waals surface area contributed by atoms with Gasteiger partial charge in [-0.2, -0.15) is 0 Å². The highest BCUT2D eigenvalue weighted by Crippen LogP contribution is 2.26. The minimum Gasteiger partial charge on any atom is -0.488 e. The van der Waals surface area contributed by atoms with Crippen molar-refractivity contribution in [3.8, 4) is 5.75 Å². The zero-order chi connectivity index (χ0) is 23.0. The number of fused-ring (bicyclic) bond motifs is 1. The number of nitrogens with one attached hydrogen (secondary N) is 2. The SMILES string of the molecule is O=C(NC1CCCCC1)/C(=C/c1ccc(C(=O)NO)cc1)COc1cccc2ccccc12. The molecule has 0 aliphatic heterocycles. The molecule has 33 heavy (non-hydrogen) atoms. The Morgan fingerprint density at radius 1 is 0.939 bits per heavy atom. The first-order valence-electron chi connectivity index (χ1n) is 11.3. The van der Waals surface area contributed by atoms with Crippen molar-refractivity contribution in [1.82, 2.24) is 10.8 Å². The fraction of sp³-hybridized carbons (Fsp3) is 0.259. The van der Waals surface area contributed by atoms with Crippen LogP contribution in [0.1, 0.15) is 48.0 Å². The predicted molar refractivity (Wildman–Crippen MR) is 128 cm³/mol. The maximum Gasteiger partial charge on any atom is 0.274 e. The van der Waals surface area contributed by atoms with E-state index in [1.54, 1.807) is 35.8 Å². The third-order valence-corrected chi connectivity index (χ3v) is 5.98. The number of hydrogen-bond acceptors (Lipinski definition) is 4. The van der Waals surface area contributed by atoms with Crippen LogP contribution in [0.3, 0.4) is 0 Å². The van der Waals surface area contributed by atoms with Gasteiger partial charge >= 0.3 is 0 Å². The van der Waals surface area contributed by atoms with Crippen LogP contribution in [0.4, 0.5) is 0 Å². The highest BCUT2D eigenvalue weighted by Gasteiger charge is 2.19. The molecule has 3 N–H and O–H groups in total. The largest absolute Gasteiger partial charge is 0.488 e. The molecule has 6 heteroatoms. The standard InChI is InChI=1S/C27H28N2O4/c30-26(28-23-9-2-1-3-10-23)22(17-19-13-15-21(16-14-19)27(31)29-32)18-33-25-12-6-8-20-7-4-5-11-24(20)25/h4-8,11-17,23,32H,1-3,9-10,18H2,(H,28,30)(H,29,31)/b22-17+. The molecule has 1 saturated carbocycles. The van der Waals surface area contributed by atoms with Crippen molar-refractivity contribution in [2.45, 2.75) is 38.1 Å². The van der Waals surface area contributed by atoms with E-state index in [-0.39, 0.29) is 18.6 Å². The van der Waals surface area contributed by atoms with Gasteiger partial charge in [-0.05, 0) is 48.1 Å². The molecule has 0 unspecified atom stereocenters. The molecule has 0 atom stereocenters. The molecule has 0 heterocycles. The first kappa shape index (κ1) is 22.6. The molecule has 0 aromatic heterocycles. The monoisotopic (exact) mass is 444 g/mol. The van der Waals surface area contributed by atoms with E-state index in [9.17, 15) is 9.59 Å². The summed E-state index contributed by atoms with van der Waals surface area (Å²) in [5.41, 5.74) is 3.22. The molecule has 1 aliphatic rings. The minimum atomic E-state index is -0.583. The lowest BCUT2D eigenvalue weighted by molar-refractivity contribution is -0.118. The van der Waals surface area contributed by atoms with Crippen LogP contribution in [0, 0.1) is 0 Å². The molecule has 1 aliphatic carbocycles. The number of benzene rings is 3. The molecular formula is C27H28N2O4. The number of ether oxygens (including phenoxy) is 1. The molecule has 170 valence electrons. The van der Waals surface area contributed by atoms with Crippen molar-refractivity contribution < 1.29 is 19.5 Å². The maximum absolute atomic E-state index is 13.2. The van der Waals surface area contributed by atoms with Gasteiger partial charge in [-0.25, -0.2) is 5.48 Å². The van der Waals surface area contributed by atoms with E-state index in [2.05, 4.69) is 5.32 Å². The summed E-state index contributed by atoms with van der Waals surface area (Å²) in [5.74, 6) is -0.00108. The molecular weight excluding hydrogens is 416 g/mol. The summed E-state index contributed by atoms with van der Waals surface area (Å²) in [6.07, 6.45) is 7.25. The zero-order valence-electron chi connectivity index (χ0n) is 18.4. The first-order chi connectivity index (χ1) is 16.1. The third-order valence-electron chi connectivity index (χ3n) is 5.98. The topological polar surface area (TPSA) is 87.7 Å². The van der Waals surface area contributed by atoms with Crippen molar-refractivity contribution in [2.24, 2.45) is 0 Å². The van der Waals surface area contributed by atoms with E-state index in [1.807, 2.05) is 42.5 Å². The van der Waals surface area contributed by atoms with E-state index >= 15 is 0 Å². The Labute approximate surface area is 193 Å². The normalized spacial score (nSPS) is 14.6. The van der Waals surface area contributed by atoms with Crippen LogP contribution in [-0.2, 0) is 4.79 Å². The fourth-order valence-corrected chi connectivity index (χ4v) is 4.17. The lowest BCUT2D eigenvalue weighted by Gasteiger charge is -2.23. The molecule has 6 nitrogen and oxygen atoms in total. The summed E-state index contributed by atoms with van der Waals surface area (Å²) < 4.78 is 6.12. The lowest BCUT2D eigenvalue weighted by Crippen LogP contribution is -2.38. The Morgan fingerprint density at radius 2 is 1.67 bits per heavy atom. The maximum atomic E-state index is 13.2. The smallest absolute Gasteiger partial charge is 0.274 e. The molecule has 4 rings (SSSR count). The molecule has 2 amide bonds. The second kappa shape index (κ2) is 10.8. The Hall–Kier alpha value is -3.64. The van der Waals surface area contributed by atoms with Crippen molar-refractivity contribution in [2.75, 3.05) is 6.61 Å². The molecule has 3 aromatic carbocycles. The Bertz CT molecular complexity index is 1140. The van der Waals surface area contributed by atoms with Gasteiger partial charge in [0, 0.05) is 17.0 Å². The van der Waals surface area contributed by atoms with Gasteiger partial charge in [-0.3, -0.25) is 14.8 Å². The molecule has 0 saturated heterocycles. The fourth-order valence-electron chi connectivity index (χ4n) is 4.17. The molecule has 3 aromatic rings. The summed E-state index contributed by atoms with van der Waals surface area (Å²) in [4.78, 5) is 24.7. The summed E-state index contributed by atoms with van der Waals surface area (Å²) in [7, 11) is 0. The van der Waals surface area contributed by atoms with E-state index in [1.165, 1.54) is 6.42 Å². The Morgan fingerprint density at radius 3 is 2.42 bits per heavy atom. The number of amides is 2. The van der Waals surface area contributed by atoms with Gasteiger partial charge in [0.15, 0.2) is 0 Å². The summed E-state index contributed by atoms with van der Waals surface area (Å²) in [5, 5.41) is 14.0. The van der Waals surface area contributed by atoms with E-state index in [0.29, 0.717) is 11.1 Å². The zero-order valence-corrected chi connectivity index (χ0v) is 18.4. The second-order valence-corrected chi connectivity index (χ2v) is 8.31. The average Bonchev–Trinajstić information content (AvgIpc) is 2.87. The number of carbonyl (C=O) groups excluding carboxylic acids is 2. The number of rotatable bonds is 7. The van der Waals surface area contributed by atoms with E-state index < -0.39 is 5.91 Å². The molecule has 0 radical (unpaired) electrons. The Kier molecular flexibility index (Phi) is 7.37. The van der Waals surface area contributed by atoms with Crippen LogP contribution in [0.2, 0.25) is 0 Å². The van der Waals surface area contributed by atoms with Gasteiger partial charge in [-0.1, -0.05) is 67.8 Å². The van der Waals surface area contributed by atoms with Crippen LogP contribution >= 0.6 is 0 Å². The van der Waals surface area contributed by atoms with Crippen molar-refractivity contribution in [3.05, 3.63) is 83.4 Å². The first-order valence-corrected chi connectivity index (χ1v) is 11.3. The molecule has 0 spiro atoms. The summed E-state index contributed by atoms with van der Waals surface area (Å²) in [6.45, 7) is 0.117. The average molecular weight is 445 g/mol. The van der Waals surface area contributed by atoms with Gasteiger partial charge in [0.2, 0.25) is 0 Å². The van der Waals surface area contributed by atoms with E-state index in [4.69, 9.17) is 9.94 Å². The van der Waals surface area contributed by atoms with Crippen LogP contribution in [0.15, 0.2) is 72.3 Å². The lowest BCUT2D eigenvalue weighted by atomic mass is 9.95. The van der Waals surface area contributed by atoms with Crippen LogP contribution in [0.5, 0.6) is 5.75 Å². The van der Waals surface area contributed by atoms with Crippen LogP contribution in [0.25, 0.3) is 16.8 Å². The number of hydroxylamine groups is 1. The van der Waals surface area contributed by atoms with Gasteiger partial charge in [0.25, 0.3) is 11.8 Å². The number of hydrogen-bond donors (Lipinski definition) is 3. The summed E-state index contributed by atoms with van der Waals surface area (Å²) >= 11 is 0. The van der Waals surface area contributed by atoms with Gasteiger partial charge in [-0.15, -0.1) is 0 Å². The molecule has 0 bridgehead atoms. The molecule has 1 fully saturated rings. The van der Waals surface area contributed by atoms with Crippen molar-refractivity contribution in [3.63, 3.8) is 0 Å². The second-order valence-electron chi connectivity index (χ2n) is 8.31. The van der Waals surface area contributed by atoms with Gasteiger partial charge < -0.3 is 10.1 Å². The quantitative estimate of drug-likeness (QED) is 0.276. The summed E-state index contributed by atoms with van der Waals surface area (Å²) in [6, 6.07) is 20.7. The third kappa shape index (κ3) is 5.79. The van der Waals surface area contributed by atoms with Crippen LogP contribution < -0.4 is 15.5 Å². The highest BCUT2D eigenvalue weighted by molar-refractivity contribution is 5.99. The minimum absolute atomic E-state index is 0.117. The Balaban J connectivity index is 1.56. The van der Waals surface area contributed by atoms with Crippen molar-refractivity contribution in [1.29, 1.82) is 0 Å². The van der Waals surface area contributed by atoms with Crippen LogP contribution in [-0.4, -0.2) is 29.7 Å². The highest BCUT2D eigenvalue weighted by atomic mass is 16.5. The van der Waals surface area contributed by atoms with Crippen molar-refractivity contribution >= 4 is 28.7 Å². The van der Waals surface area contributed by atoms with Gasteiger partial charge in [0.1, 0.15) is 12.4 Å². The predicted octanol–water partition coefficient (Wildman–Crippen LogP) is 4.87.